The Morgan fingerprint density at radius 2 is 1.84 bits per heavy atom. The average molecular weight is 424 g/mol. The van der Waals surface area contributed by atoms with Gasteiger partial charge in [0.25, 0.3) is 11.6 Å². The van der Waals surface area contributed by atoms with E-state index in [0.717, 1.165) is 6.07 Å². The van der Waals surface area contributed by atoms with Crippen molar-refractivity contribution < 1.29 is 14.5 Å². The highest BCUT2D eigenvalue weighted by Gasteiger charge is 2.36. The van der Waals surface area contributed by atoms with Crippen molar-refractivity contribution >= 4 is 58.0 Å². The number of non-ortho nitro benzene ring substituents is 1. The van der Waals surface area contributed by atoms with Crippen LogP contribution in [0.4, 0.5) is 5.69 Å². The molecule has 0 fully saturated rings. The highest BCUT2D eigenvalue weighted by molar-refractivity contribution is 6.68. The van der Waals surface area contributed by atoms with Crippen molar-refractivity contribution in [2.45, 2.75) is 10.0 Å². The number of benzene rings is 2. The molecule has 0 aromatic heterocycles. The van der Waals surface area contributed by atoms with Gasteiger partial charge in [0, 0.05) is 16.7 Å². The van der Waals surface area contributed by atoms with Crippen LogP contribution < -0.4 is 10.1 Å². The standard InChI is InChI=1S/C15H10Cl4N2O4/c16-10-4-1-3-9(7-10)13(22)20-14(15(17,18)19)25-12-6-2-5-11(8-12)21(23)24/h1-8,14H,(H,20,22). The van der Waals surface area contributed by atoms with Gasteiger partial charge in [-0.25, -0.2) is 0 Å². The van der Waals surface area contributed by atoms with E-state index in [1.165, 1.54) is 30.3 Å². The van der Waals surface area contributed by atoms with Gasteiger partial charge >= 0.3 is 0 Å². The molecule has 25 heavy (non-hydrogen) atoms. The Hall–Kier alpha value is -1.73. The highest BCUT2D eigenvalue weighted by Crippen LogP contribution is 2.33. The number of hydrogen-bond acceptors (Lipinski definition) is 4. The normalized spacial score (nSPS) is 12.3. The van der Waals surface area contributed by atoms with Gasteiger partial charge in [0.05, 0.1) is 11.0 Å². The van der Waals surface area contributed by atoms with Crippen LogP contribution in [0.1, 0.15) is 10.4 Å². The number of nitro benzene ring substituents is 1. The Bertz CT molecular complexity index is 795. The summed E-state index contributed by atoms with van der Waals surface area (Å²) in [5.41, 5.74) is 0.0242. The highest BCUT2D eigenvalue weighted by atomic mass is 35.6. The summed E-state index contributed by atoms with van der Waals surface area (Å²) in [4.78, 5) is 22.5. The second-order valence-electron chi connectivity index (χ2n) is 4.78. The van der Waals surface area contributed by atoms with Crippen LogP contribution in [0.5, 0.6) is 5.75 Å². The fraction of sp³-hybridized carbons (Fsp3) is 0.133. The Kier molecular flexibility index (Phi) is 6.35. The van der Waals surface area contributed by atoms with Crippen LogP contribution in [0.2, 0.25) is 5.02 Å². The first kappa shape index (κ1) is 19.6. The van der Waals surface area contributed by atoms with Crippen molar-refractivity contribution in [1.29, 1.82) is 0 Å². The van der Waals surface area contributed by atoms with Crippen LogP contribution in [0.15, 0.2) is 48.5 Å². The van der Waals surface area contributed by atoms with Gasteiger partial charge in [0.15, 0.2) is 0 Å². The van der Waals surface area contributed by atoms with Crippen LogP contribution in [-0.4, -0.2) is 20.9 Å². The predicted octanol–water partition coefficient (Wildman–Crippen LogP) is 4.75. The van der Waals surface area contributed by atoms with Crippen LogP contribution in [0, 0.1) is 10.1 Å². The molecular weight excluding hydrogens is 414 g/mol. The maximum absolute atomic E-state index is 12.3. The Morgan fingerprint density at radius 3 is 2.44 bits per heavy atom. The number of nitrogens with one attached hydrogen (secondary N) is 1. The minimum atomic E-state index is -2.03. The van der Waals surface area contributed by atoms with Gasteiger partial charge in [-0.3, -0.25) is 14.9 Å². The van der Waals surface area contributed by atoms with E-state index in [1.54, 1.807) is 12.1 Å². The van der Waals surface area contributed by atoms with Crippen molar-refractivity contribution in [3.63, 3.8) is 0 Å². The summed E-state index contributed by atoms with van der Waals surface area (Å²) in [6.07, 6.45) is -1.40. The van der Waals surface area contributed by atoms with Crippen molar-refractivity contribution in [2.75, 3.05) is 0 Å². The molecule has 0 aliphatic heterocycles. The summed E-state index contributed by atoms with van der Waals surface area (Å²) in [7, 11) is 0. The molecule has 1 N–H and O–H groups in total. The zero-order chi connectivity index (χ0) is 18.6. The lowest BCUT2D eigenvalue weighted by Gasteiger charge is -2.26. The zero-order valence-corrected chi connectivity index (χ0v) is 15.3. The molecule has 0 spiro atoms. The van der Waals surface area contributed by atoms with Crippen molar-refractivity contribution in [3.8, 4) is 5.75 Å². The number of carbonyl (C=O) groups excluding carboxylic acids is 1. The van der Waals surface area contributed by atoms with Gasteiger partial charge < -0.3 is 10.1 Å². The van der Waals surface area contributed by atoms with Gasteiger partial charge in [-0.2, -0.15) is 0 Å². The molecule has 0 aliphatic carbocycles. The molecule has 0 aliphatic rings. The summed E-state index contributed by atoms with van der Waals surface area (Å²) in [6.45, 7) is 0. The molecule has 0 saturated heterocycles. The van der Waals surface area contributed by atoms with E-state index in [4.69, 9.17) is 51.1 Å². The fourth-order valence-corrected chi connectivity index (χ4v) is 2.30. The van der Waals surface area contributed by atoms with E-state index in [9.17, 15) is 14.9 Å². The minimum Gasteiger partial charge on any atom is -0.466 e. The van der Waals surface area contributed by atoms with E-state index in [-0.39, 0.29) is 17.0 Å². The SMILES string of the molecule is O=C(NC(Oc1cccc([N+](=O)[O-])c1)C(Cl)(Cl)Cl)c1cccc(Cl)c1. The smallest absolute Gasteiger partial charge is 0.273 e. The molecule has 2 aromatic rings. The zero-order valence-electron chi connectivity index (χ0n) is 12.3. The number of halogens is 4. The third-order valence-electron chi connectivity index (χ3n) is 2.93. The third kappa shape index (κ3) is 5.64. The first-order valence-corrected chi connectivity index (χ1v) is 8.22. The van der Waals surface area contributed by atoms with Gasteiger partial charge in [-0.05, 0) is 24.3 Å². The molecule has 2 aromatic carbocycles. The molecule has 132 valence electrons. The molecule has 1 amide bonds. The Labute approximate surface area is 162 Å². The van der Waals surface area contributed by atoms with Crippen molar-refractivity contribution in [3.05, 3.63) is 69.2 Å². The van der Waals surface area contributed by atoms with E-state index in [0.29, 0.717) is 5.02 Å². The molecule has 0 radical (unpaired) electrons. The fourth-order valence-electron chi connectivity index (χ4n) is 1.82. The summed E-state index contributed by atoms with van der Waals surface area (Å²) in [5.74, 6) is -0.541. The first-order valence-electron chi connectivity index (χ1n) is 6.71. The van der Waals surface area contributed by atoms with Crippen LogP contribution >= 0.6 is 46.4 Å². The third-order valence-corrected chi connectivity index (χ3v) is 3.76. The van der Waals surface area contributed by atoms with Crippen LogP contribution in [-0.2, 0) is 0 Å². The van der Waals surface area contributed by atoms with Crippen molar-refractivity contribution in [1.82, 2.24) is 5.32 Å². The van der Waals surface area contributed by atoms with Crippen molar-refractivity contribution in [2.24, 2.45) is 0 Å². The predicted molar refractivity (Wildman–Crippen MR) is 96.7 cm³/mol. The lowest BCUT2D eigenvalue weighted by molar-refractivity contribution is -0.384. The number of amides is 1. The van der Waals surface area contributed by atoms with Gasteiger partial charge in [0.2, 0.25) is 10.0 Å². The van der Waals surface area contributed by atoms with E-state index >= 15 is 0 Å². The molecule has 1 atom stereocenters. The quantitative estimate of drug-likeness (QED) is 0.325. The molecule has 2 rings (SSSR count). The molecular formula is C15H10Cl4N2O4. The summed E-state index contributed by atoms with van der Waals surface area (Å²) >= 11 is 23.4. The largest absolute Gasteiger partial charge is 0.466 e. The van der Waals surface area contributed by atoms with E-state index in [2.05, 4.69) is 5.32 Å². The summed E-state index contributed by atoms with van der Waals surface area (Å²) < 4.78 is 3.40. The molecule has 10 heteroatoms. The Balaban J connectivity index is 2.21. The number of carbonyl (C=O) groups is 1. The summed E-state index contributed by atoms with van der Waals surface area (Å²) in [6, 6.07) is 11.4. The Morgan fingerprint density at radius 1 is 1.16 bits per heavy atom. The van der Waals surface area contributed by atoms with Gasteiger partial charge in [0.1, 0.15) is 5.75 Å². The number of nitro groups is 1. The van der Waals surface area contributed by atoms with Gasteiger partial charge in [-0.15, -0.1) is 0 Å². The number of hydrogen-bond donors (Lipinski definition) is 1. The molecule has 1 unspecified atom stereocenters. The lowest BCUT2D eigenvalue weighted by atomic mass is 10.2. The average Bonchev–Trinajstić information content (AvgIpc) is 2.53. The lowest BCUT2D eigenvalue weighted by Crippen LogP contribution is -2.47. The first-order chi connectivity index (χ1) is 11.7. The number of rotatable bonds is 5. The second-order valence-corrected chi connectivity index (χ2v) is 7.58. The molecule has 0 saturated carbocycles. The molecule has 6 nitrogen and oxygen atoms in total. The second kappa shape index (κ2) is 8.10. The minimum absolute atomic E-state index is 0.0527. The van der Waals surface area contributed by atoms with E-state index < -0.39 is 20.9 Å². The van der Waals surface area contributed by atoms with E-state index in [1.807, 2.05) is 0 Å². The van der Waals surface area contributed by atoms with Crippen LogP contribution in [0.25, 0.3) is 0 Å². The number of ether oxygens (including phenoxy) is 1. The van der Waals surface area contributed by atoms with Crippen LogP contribution in [0.3, 0.4) is 0 Å². The molecule has 0 bridgehead atoms. The number of alkyl halides is 3. The monoisotopic (exact) mass is 422 g/mol. The van der Waals surface area contributed by atoms with Gasteiger partial charge in [-0.1, -0.05) is 58.5 Å². The molecule has 0 heterocycles. The number of nitrogens with zero attached hydrogens (tertiary/aromatic N) is 1. The summed E-state index contributed by atoms with van der Waals surface area (Å²) in [5, 5.41) is 13.6. The maximum atomic E-state index is 12.3. The topological polar surface area (TPSA) is 81.5 Å². The maximum Gasteiger partial charge on any atom is 0.273 e.